The number of carbonyl (C=O) groups excluding carboxylic acids is 1. The second-order valence-corrected chi connectivity index (χ2v) is 4.10. The minimum absolute atomic E-state index is 0.126. The first-order valence-corrected chi connectivity index (χ1v) is 5.61. The van der Waals surface area contributed by atoms with E-state index in [1.807, 2.05) is 11.6 Å². The number of imidazole rings is 1. The second-order valence-electron chi connectivity index (χ2n) is 3.74. The summed E-state index contributed by atoms with van der Waals surface area (Å²) in [5.41, 5.74) is 6.21. The SMILES string of the molecule is Cn1ccnc1CNC(=O)c1cc(N)cnc1Cl. The highest BCUT2D eigenvalue weighted by Crippen LogP contribution is 2.15. The average Bonchev–Trinajstić information content (AvgIpc) is 2.75. The molecule has 0 unspecified atom stereocenters. The second kappa shape index (κ2) is 5.05. The number of nitrogens with zero attached hydrogens (tertiary/aromatic N) is 3. The first-order chi connectivity index (χ1) is 8.58. The summed E-state index contributed by atoms with van der Waals surface area (Å²) in [6, 6.07) is 1.49. The standard InChI is InChI=1S/C11H12ClN5O/c1-17-3-2-14-9(17)6-16-11(18)8-4-7(13)5-15-10(8)12/h2-5H,6,13H2,1H3,(H,16,18). The van der Waals surface area contributed by atoms with E-state index in [0.717, 1.165) is 5.82 Å². The molecule has 18 heavy (non-hydrogen) atoms. The summed E-state index contributed by atoms with van der Waals surface area (Å²) < 4.78 is 1.82. The lowest BCUT2D eigenvalue weighted by Gasteiger charge is -2.07. The molecular formula is C11H12ClN5O. The fourth-order valence-electron chi connectivity index (χ4n) is 1.44. The highest BCUT2D eigenvalue weighted by atomic mass is 35.5. The highest BCUT2D eigenvalue weighted by Gasteiger charge is 2.12. The van der Waals surface area contributed by atoms with Crippen LogP contribution in [0.15, 0.2) is 24.7 Å². The van der Waals surface area contributed by atoms with Gasteiger partial charge in [0.05, 0.1) is 24.0 Å². The smallest absolute Gasteiger partial charge is 0.254 e. The van der Waals surface area contributed by atoms with E-state index in [1.165, 1.54) is 12.3 Å². The molecule has 0 bridgehead atoms. The Hall–Kier alpha value is -2.08. The predicted molar refractivity (Wildman–Crippen MR) is 68.0 cm³/mol. The summed E-state index contributed by atoms with van der Waals surface area (Å²) in [7, 11) is 1.85. The number of anilines is 1. The quantitative estimate of drug-likeness (QED) is 0.810. The van der Waals surface area contributed by atoms with Crippen LogP contribution in [0.3, 0.4) is 0 Å². The van der Waals surface area contributed by atoms with Gasteiger partial charge < -0.3 is 15.6 Å². The van der Waals surface area contributed by atoms with E-state index in [0.29, 0.717) is 12.2 Å². The number of aromatic nitrogens is 3. The summed E-state index contributed by atoms with van der Waals surface area (Å²) in [6.45, 7) is 0.313. The molecule has 2 rings (SSSR count). The van der Waals surface area contributed by atoms with Crippen molar-refractivity contribution in [3.05, 3.63) is 41.2 Å². The van der Waals surface area contributed by atoms with E-state index >= 15 is 0 Å². The maximum Gasteiger partial charge on any atom is 0.254 e. The van der Waals surface area contributed by atoms with Gasteiger partial charge in [-0.3, -0.25) is 4.79 Å². The highest BCUT2D eigenvalue weighted by molar-refractivity contribution is 6.32. The molecule has 0 spiro atoms. The first kappa shape index (κ1) is 12.4. The Morgan fingerprint density at radius 3 is 3.00 bits per heavy atom. The van der Waals surface area contributed by atoms with Gasteiger partial charge in [-0.25, -0.2) is 9.97 Å². The van der Waals surface area contributed by atoms with Gasteiger partial charge in [-0.15, -0.1) is 0 Å². The molecule has 0 saturated heterocycles. The number of nitrogen functional groups attached to an aromatic ring is 1. The number of aryl methyl sites for hydroxylation is 1. The number of nitrogens with one attached hydrogen (secondary N) is 1. The van der Waals surface area contributed by atoms with Crippen molar-refractivity contribution < 1.29 is 4.79 Å². The number of amides is 1. The van der Waals surface area contributed by atoms with Crippen molar-refractivity contribution in [3.8, 4) is 0 Å². The minimum atomic E-state index is -0.331. The lowest BCUT2D eigenvalue weighted by Crippen LogP contribution is -2.25. The van der Waals surface area contributed by atoms with Crippen LogP contribution in [-0.2, 0) is 13.6 Å². The molecule has 0 radical (unpaired) electrons. The third-order valence-corrected chi connectivity index (χ3v) is 2.73. The van der Waals surface area contributed by atoms with Gasteiger partial charge >= 0.3 is 0 Å². The van der Waals surface area contributed by atoms with Crippen LogP contribution in [0, 0.1) is 0 Å². The Bertz CT molecular complexity index is 581. The molecule has 94 valence electrons. The van der Waals surface area contributed by atoms with Crippen molar-refractivity contribution in [1.29, 1.82) is 0 Å². The monoisotopic (exact) mass is 265 g/mol. The Morgan fingerprint density at radius 2 is 2.33 bits per heavy atom. The zero-order valence-corrected chi connectivity index (χ0v) is 10.5. The maximum atomic E-state index is 11.9. The fraction of sp³-hybridized carbons (Fsp3) is 0.182. The molecule has 0 aliphatic carbocycles. The Labute approximate surface area is 109 Å². The number of hydrogen-bond acceptors (Lipinski definition) is 4. The molecule has 0 fully saturated rings. The largest absolute Gasteiger partial charge is 0.397 e. The van der Waals surface area contributed by atoms with Crippen LogP contribution in [0.25, 0.3) is 0 Å². The third kappa shape index (κ3) is 2.60. The van der Waals surface area contributed by atoms with Crippen molar-refractivity contribution in [3.63, 3.8) is 0 Å². The van der Waals surface area contributed by atoms with Crippen LogP contribution in [0.1, 0.15) is 16.2 Å². The normalized spacial score (nSPS) is 10.3. The van der Waals surface area contributed by atoms with Gasteiger partial charge in [0.1, 0.15) is 11.0 Å². The minimum Gasteiger partial charge on any atom is -0.397 e. The third-order valence-electron chi connectivity index (χ3n) is 2.43. The molecule has 0 atom stereocenters. The van der Waals surface area contributed by atoms with Gasteiger partial charge in [0.15, 0.2) is 0 Å². The molecular weight excluding hydrogens is 254 g/mol. The molecule has 2 aromatic heterocycles. The summed E-state index contributed by atoms with van der Waals surface area (Å²) >= 11 is 5.83. The number of pyridine rings is 1. The maximum absolute atomic E-state index is 11.9. The van der Waals surface area contributed by atoms with E-state index in [4.69, 9.17) is 17.3 Å². The molecule has 3 N–H and O–H groups in total. The molecule has 6 nitrogen and oxygen atoms in total. The Kier molecular flexibility index (Phi) is 3.47. The molecule has 0 aliphatic rings. The van der Waals surface area contributed by atoms with Crippen LogP contribution < -0.4 is 11.1 Å². The van der Waals surface area contributed by atoms with E-state index < -0.39 is 0 Å². The lowest BCUT2D eigenvalue weighted by atomic mass is 10.2. The van der Waals surface area contributed by atoms with Crippen molar-refractivity contribution in [2.24, 2.45) is 7.05 Å². The van der Waals surface area contributed by atoms with Crippen LogP contribution >= 0.6 is 11.6 Å². The lowest BCUT2D eigenvalue weighted by molar-refractivity contribution is 0.0949. The van der Waals surface area contributed by atoms with Crippen LogP contribution in [-0.4, -0.2) is 20.4 Å². The average molecular weight is 266 g/mol. The Morgan fingerprint density at radius 1 is 1.56 bits per heavy atom. The molecule has 2 aromatic rings. The van der Waals surface area contributed by atoms with E-state index in [1.54, 1.807) is 12.4 Å². The van der Waals surface area contributed by atoms with Gasteiger partial charge in [0.2, 0.25) is 0 Å². The summed E-state index contributed by atoms with van der Waals surface area (Å²) in [6.07, 6.45) is 4.87. The van der Waals surface area contributed by atoms with E-state index in [2.05, 4.69) is 15.3 Å². The first-order valence-electron chi connectivity index (χ1n) is 5.23. The van der Waals surface area contributed by atoms with Crippen molar-refractivity contribution >= 4 is 23.2 Å². The molecule has 0 aromatic carbocycles. The zero-order valence-electron chi connectivity index (χ0n) is 9.72. The van der Waals surface area contributed by atoms with Gasteiger partial charge in [-0.1, -0.05) is 11.6 Å². The number of nitrogens with two attached hydrogens (primary N) is 1. The number of halogens is 1. The zero-order chi connectivity index (χ0) is 13.1. The van der Waals surface area contributed by atoms with Crippen molar-refractivity contribution in [2.45, 2.75) is 6.54 Å². The van der Waals surface area contributed by atoms with Crippen LogP contribution in [0.5, 0.6) is 0 Å². The molecule has 0 aliphatic heterocycles. The summed E-state index contributed by atoms with van der Waals surface area (Å²) in [5, 5.41) is 2.83. The topological polar surface area (TPSA) is 85.8 Å². The van der Waals surface area contributed by atoms with Gasteiger partial charge in [-0.05, 0) is 6.07 Å². The number of carbonyl (C=O) groups is 1. The molecule has 1 amide bonds. The fourth-order valence-corrected chi connectivity index (χ4v) is 1.63. The molecule has 2 heterocycles. The van der Waals surface area contributed by atoms with E-state index in [-0.39, 0.29) is 16.6 Å². The summed E-state index contributed by atoms with van der Waals surface area (Å²) in [4.78, 5) is 19.8. The van der Waals surface area contributed by atoms with Gasteiger partial charge in [0, 0.05) is 19.4 Å². The van der Waals surface area contributed by atoms with Crippen molar-refractivity contribution in [1.82, 2.24) is 19.9 Å². The number of rotatable bonds is 3. The van der Waals surface area contributed by atoms with E-state index in [9.17, 15) is 4.79 Å². The number of hydrogen-bond donors (Lipinski definition) is 2. The molecule has 0 saturated carbocycles. The van der Waals surface area contributed by atoms with Gasteiger partial charge in [-0.2, -0.15) is 0 Å². The predicted octanol–water partition coefficient (Wildman–Crippen LogP) is 0.981. The Balaban J connectivity index is 2.08. The van der Waals surface area contributed by atoms with Crippen LogP contribution in [0.4, 0.5) is 5.69 Å². The summed E-state index contributed by atoms with van der Waals surface area (Å²) in [5.74, 6) is 0.416. The van der Waals surface area contributed by atoms with Crippen LogP contribution in [0.2, 0.25) is 5.15 Å². The van der Waals surface area contributed by atoms with Gasteiger partial charge in [0.25, 0.3) is 5.91 Å². The molecule has 7 heteroatoms. The van der Waals surface area contributed by atoms with Crippen molar-refractivity contribution in [2.75, 3.05) is 5.73 Å².